The quantitative estimate of drug-likeness (QED) is 0.227. The summed E-state index contributed by atoms with van der Waals surface area (Å²) in [6.07, 6.45) is 0. The summed E-state index contributed by atoms with van der Waals surface area (Å²) in [6, 6.07) is 13.2. The van der Waals surface area contributed by atoms with Gasteiger partial charge in [0.1, 0.15) is 10.7 Å². The molecule has 0 aliphatic rings. The van der Waals surface area contributed by atoms with Gasteiger partial charge in [0.25, 0.3) is 5.91 Å². The lowest BCUT2D eigenvalue weighted by atomic mass is 10.1. The maximum Gasteiger partial charge on any atom is 0.294 e. The van der Waals surface area contributed by atoms with Gasteiger partial charge in [0.15, 0.2) is 11.0 Å². The molecule has 0 fully saturated rings. The van der Waals surface area contributed by atoms with Crippen molar-refractivity contribution >= 4 is 52.2 Å². The van der Waals surface area contributed by atoms with Crippen LogP contribution in [0.4, 0.5) is 0 Å². The molecule has 7 nitrogen and oxygen atoms in total. The second kappa shape index (κ2) is 10.7. The average molecular weight is 520 g/mol. The van der Waals surface area contributed by atoms with Crippen LogP contribution in [0.2, 0.25) is 10.0 Å². The van der Waals surface area contributed by atoms with Crippen molar-refractivity contribution in [3.05, 3.63) is 74.2 Å². The minimum atomic E-state index is -0.372. The molecule has 0 saturated heterocycles. The number of carbonyl (C=O) groups excluding carboxylic acids is 1. The molecule has 11 heteroatoms. The van der Waals surface area contributed by atoms with Gasteiger partial charge < -0.3 is 0 Å². The van der Waals surface area contributed by atoms with Crippen LogP contribution in [0.15, 0.2) is 53.0 Å². The van der Waals surface area contributed by atoms with E-state index in [0.717, 1.165) is 21.8 Å². The normalized spacial score (nSPS) is 11.0. The van der Waals surface area contributed by atoms with Crippen molar-refractivity contribution in [2.24, 2.45) is 0 Å². The van der Waals surface area contributed by atoms with Gasteiger partial charge in [-0.05, 0) is 43.7 Å². The van der Waals surface area contributed by atoms with E-state index in [9.17, 15) is 4.79 Å². The third kappa shape index (κ3) is 5.39. The zero-order chi connectivity index (χ0) is 23.4. The van der Waals surface area contributed by atoms with E-state index >= 15 is 0 Å². The standard InChI is InChI=1S/C22H19Cl2N5O2S2/c1-3-31-28-21(30)17-11-32-19(25-17)12-33-22-27-26-20(15-6-4-5-7-16(15)24)29(22)18-10-14(23)9-8-13(18)2/h4-11H,3,12H2,1-2H3,(H,28,30). The van der Waals surface area contributed by atoms with Crippen LogP contribution in [-0.2, 0) is 10.6 Å². The van der Waals surface area contributed by atoms with Crippen LogP contribution in [0.5, 0.6) is 0 Å². The number of thioether (sulfide) groups is 1. The van der Waals surface area contributed by atoms with Crippen LogP contribution in [0, 0.1) is 6.92 Å². The number of hydroxylamine groups is 1. The number of thiazole rings is 1. The van der Waals surface area contributed by atoms with Crippen molar-refractivity contribution in [1.82, 2.24) is 25.2 Å². The van der Waals surface area contributed by atoms with Crippen molar-refractivity contribution in [3.63, 3.8) is 0 Å². The molecular formula is C22H19Cl2N5O2S2. The van der Waals surface area contributed by atoms with Gasteiger partial charge in [0, 0.05) is 16.0 Å². The summed E-state index contributed by atoms with van der Waals surface area (Å²) in [5.41, 5.74) is 5.30. The molecule has 0 saturated carbocycles. The van der Waals surface area contributed by atoms with Crippen molar-refractivity contribution in [1.29, 1.82) is 0 Å². The predicted octanol–water partition coefficient (Wildman–Crippen LogP) is 5.98. The summed E-state index contributed by atoms with van der Waals surface area (Å²) >= 11 is 15.6. The van der Waals surface area contributed by atoms with Crippen LogP contribution in [0.25, 0.3) is 17.1 Å². The number of halogens is 2. The molecule has 0 atom stereocenters. The van der Waals surface area contributed by atoms with Crippen molar-refractivity contribution in [2.75, 3.05) is 6.61 Å². The van der Waals surface area contributed by atoms with Crippen molar-refractivity contribution in [2.45, 2.75) is 24.8 Å². The molecule has 2 aromatic carbocycles. The van der Waals surface area contributed by atoms with Gasteiger partial charge in [-0.2, -0.15) is 0 Å². The maximum atomic E-state index is 12.0. The number of rotatable bonds is 8. The van der Waals surface area contributed by atoms with Gasteiger partial charge in [-0.15, -0.1) is 21.5 Å². The Kier molecular flexibility index (Phi) is 7.67. The fourth-order valence-electron chi connectivity index (χ4n) is 3.02. The van der Waals surface area contributed by atoms with E-state index in [1.807, 2.05) is 54.0 Å². The molecule has 170 valence electrons. The summed E-state index contributed by atoms with van der Waals surface area (Å²) in [7, 11) is 0. The van der Waals surface area contributed by atoms with Crippen LogP contribution < -0.4 is 5.48 Å². The molecule has 0 bridgehead atoms. The Balaban J connectivity index is 1.67. The number of benzene rings is 2. The van der Waals surface area contributed by atoms with Gasteiger partial charge in [-0.25, -0.2) is 10.5 Å². The van der Waals surface area contributed by atoms with Crippen molar-refractivity contribution < 1.29 is 9.63 Å². The minimum Gasteiger partial charge on any atom is -0.274 e. The first-order valence-electron chi connectivity index (χ1n) is 9.94. The van der Waals surface area contributed by atoms with E-state index in [0.29, 0.717) is 39.1 Å². The zero-order valence-electron chi connectivity index (χ0n) is 17.7. The molecule has 0 aliphatic carbocycles. The number of aromatic nitrogens is 4. The predicted molar refractivity (Wildman–Crippen MR) is 132 cm³/mol. The Labute approximate surface area is 209 Å². The molecule has 33 heavy (non-hydrogen) atoms. The molecule has 1 N–H and O–H groups in total. The first kappa shape index (κ1) is 23.7. The largest absolute Gasteiger partial charge is 0.294 e. The Bertz CT molecular complexity index is 1290. The maximum absolute atomic E-state index is 12.0. The average Bonchev–Trinajstić information content (AvgIpc) is 3.45. The Morgan fingerprint density at radius 1 is 1.21 bits per heavy atom. The van der Waals surface area contributed by atoms with Gasteiger partial charge in [0.2, 0.25) is 0 Å². The number of nitrogens with zero attached hydrogens (tertiary/aromatic N) is 4. The highest BCUT2D eigenvalue weighted by molar-refractivity contribution is 7.98. The first-order valence-corrected chi connectivity index (χ1v) is 12.6. The summed E-state index contributed by atoms with van der Waals surface area (Å²) in [6.45, 7) is 4.17. The highest BCUT2D eigenvalue weighted by atomic mass is 35.5. The Morgan fingerprint density at radius 2 is 2.03 bits per heavy atom. The van der Waals surface area contributed by atoms with E-state index in [1.54, 1.807) is 12.3 Å². The van der Waals surface area contributed by atoms with Crippen molar-refractivity contribution in [3.8, 4) is 17.1 Å². The molecular weight excluding hydrogens is 501 g/mol. The van der Waals surface area contributed by atoms with E-state index in [-0.39, 0.29) is 5.91 Å². The third-order valence-electron chi connectivity index (χ3n) is 4.58. The summed E-state index contributed by atoms with van der Waals surface area (Å²) < 4.78 is 1.95. The smallest absolute Gasteiger partial charge is 0.274 e. The topological polar surface area (TPSA) is 81.9 Å². The third-order valence-corrected chi connectivity index (χ3v) is 7.11. The molecule has 0 aliphatic heterocycles. The summed E-state index contributed by atoms with van der Waals surface area (Å²) in [5, 5.41) is 13.2. The van der Waals surface area contributed by atoms with Crippen LogP contribution in [-0.4, -0.2) is 32.3 Å². The van der Waals surface area contributed by atoms with Gasteiger partial charge in [-0.1, -0.05) is 53.2 Å². The zero-order valence-corrected chi connectivity index (χ0v) is 20.9. The fraction of sp³-hybridized carbons (Fsp3) is 0.182. The molecule has 4 rings (SSSR count). The lowest BCUT2D eigenvalue weighted by molar-refractivity contribution is 0.0360. The molecule has 1 amide bonds. The van der Waals surface area contributed by atoms with Gasteiger partial charge in [-0.3, -0.25) is 14.2 Å². The van der Waals surface area contributed by atoms with Gasteiger partial charge in [0.05, 0.1) is 23.1 Å². The van der Waals surface area contributed by atoms with Crippen LogP contribution in [0.3, 0.4) is 0 Å². The monoisotopic (exact) mass is 519 g/mol. The number of hydrogen-bond acceptors (Lipinski definition) is 7. The fourth-order valence-corrected chi connectivity index (χ4v) is 5.14. The highest BCUT2D eigenvalue weighted by Crippen LogP contribution is 2.35. The summed E-state index contributed by atoms with van der Waals surface area (Å²) in [4.78, 5) is 21.4. The van der Waals surface area contributed by atoms with Gasteiger partial charge >= 0.3 is 0 Å². The Morgan fingerprint density at radius 3 is 2.82 bits per heavy atom. The number of aryl methyl sites for hydroxylation is 1. The van der Waals surface area contributed by atoms with Crippen LogP contribution >= 0.6 is 46.3 Å². The molecule has 2 aromatic heterocycles. The SMILES string of the molecule is CCONC(=O)c1csc(CSc2nnc(-c3ccccc3Cl)n2-c2cc(Cl)ccc2C)n1. The summed E-state index contributed by atoms with van der Waals surface area (Å²) in [5.74, 6) is 0.750. The molecule has 0 spiro atoms. The first-order chi connectivity index (χ1) is 16.0. The molecule has 0 unspecified atom stereocenters. The second-order valence-corrected chi connectivity index (χ2v) is 9.56. The Hall–Kier alpha value is -2.43. The molecule has 0 radical (unpaired) electrons. The van der Waals surface area contributed by atoms with Crippen LogP contribution in [0.1, 0.15) is 28.0 Å². The van der Waals surface area contributed by atoms with E-state index < -0.39 is 0 Å². The number of amides is 1. The van der Waals surface area contributed by atoms with E-state index in [4.69, 9.17) is 28.0 Å². The molecule has 4 aromatic rings. The molecule has 2 heterocycles. The second-order valence-electron chi connectivity index (χ2n) is 6.83. The number of carbonyl (C=O) groups is 1. The highest BCUT2D eigenvalue weighted by Gasteiger charge is 2.20. The lowest BCUT2D eigenvalue weighted by Crippen LogP contribution is -2.23. The minimum absolute atomic E-state index is 0.313. The van der Waals surface area contributed by atoms with E-state index in [1.165, 1.54) is 23.1 Å². The van der Waals surface area contributed by atoms with E-state index in [2.05, 4.69) is 20.7 Å². The number of hydrogen-bond donors (Lipinski definition) is 1. The number of nitrogens with one attached hydrogen (secondary N) is 1. The lowest BCUT2D eigenvalue weighted by Gasteiger charge is -2.14.